The van der Waals surface area contributed by atoms with Crippen LogP contribution in [0.1, 0.15) is 30.6 Å². The van der Waals surface area contributed by atoms with Crippen molar-refractivity contribution in [2.75, 3.05) is 32.1 Å². The monoisotopic (exact) mass is 304 g/mol. The molecule has 22 heavy (non-hydrogen) atoms. The Kier molecular flexibility index (Phi) is 5.41. The molecule has 120 valence electrons. The second kappa shape index (κ2) is 7.29. The molecule has 1 aliphatic rings. The molecule has 5 heteroatoms. The first-order valence-corrected chi connectivity index (χ1v) is 7.69. The van der Waals surface area contributed by atoms with Gasteiger partial charge in [0.25, 0.3) is 0 Å². The number of likely N-dealkylation sites (tertiary alicyclic amines) is 1. The van der Waals surface area contributed by atoms with Crippen LogP contribution in [0.2, 0.25) is 0 Å². The second-order valence-corrected chi connectivity index (χ2v) is 6.17. The first-order chi connectivity index (χ1) is 10.5. The Balaban J connectivity index is 1.87. The molecule has 1 aromatic carbocycles. The van der Waals surface area contributed by atoms with E-state index < -0.39 is 0 Å². The second-order valence-electron chi connectivity index (χ2n) is 6.17. The number of anilines is 1. The quantitative estimate of drug-likeness (QED) is 0.868. The summed E-state index contributed by atoms with van der Waals surface area (Å²) in [5.74, 6) is 0.883. The van der Waals surface area contributed by atoms with Crippen molar-refractivity contribution in [2.45, 2.75) is 20.3 Å². The Morgan fingerprint density at radius 2 is 1.77 bits per heavy atom. The molecule has 1 aliphatic heterocycles. The third-order valence-corrected chi connectivity index (χ3v) is 3.97. The first-order valence-electron chi connectivity index (χ1n) is 7.69. The summed E-state index contributed by atoms with van der Waals surface area (Å²) in [5, 5.41) is 3.11. The number of ether oxygens (including phenoxy) is 1. The van der Waals surface area contributed by atoms with Gasteiger partial charge >= 0.3 is 5.97 Å². The van der Waals surface area contributed by atoms with E-state index >= 15 is 0 Å². The molecule has 1 N–H and O–H groups in total. The van der Waals surface area contributed by atoms with Gasteiger partial charge in [-0.15, -0.1) is 0 Å². The maximum absolute atomic E-state index is 12.3. The fourth-order valence-electron chi connectivity index (χ4n) is 3.00. The number of rotatable bonds is 4. The number of amides is 1. The van der Waals surface area contributed by atoms with E-state index in [0.717, 1.165) is 18.8 Å². The van der Waals surface area contributed by atoms with Crippen molar-refractivity contribution in [1.29, 1.82) is 0 Å². The number of carbonyl (C=O) groups excluding carboxylic acids is 2. The van der Waals surface area contributed by atoms with Crippen LogP contribution in [0.3, 0.4) is 0 Å². The summed E-state index contributed by atoms with van der Waals surface area (Å²) in [6, 6.07) is 6.93. The fourth-order valence-corrected chi connectivity index (χ4v) is 3.00. The average molecular weight is 304 g/mol. The molecule has 0 aliphatic carbocycles. The molecule has 1 aromatic rings. The van der Waals surface area contributed by atoms with Crippen molar-refractivity contribution in [3.63, 3.8) is 0 Å². The van der Waals surface area contributed by atoms with E-state index in [-0.39, 0.29) is 18.4 Å². The summed E-state index contributed by atoms with van der Waals surface area (Å²) >= 11 is 0. The summed E-state index contributed by atoms with van der Waals surface area (Å²) in [5.41, 5.74) is 1.32. The van der Waals surface area contributed by atoms with E-state index in [1.54, 1.807) is 24.3 Å². The lowest BCUT2D eigenvalue weighted by atomic mass is 9.92. The number of hydrogen-bond donors (Lipinski definition) is 1. The van der Waals surface area contributed by atoms with Gasteiger partial charge in [0.05, 0.1) is 19.2 Å². The van der Waals surface area contributed by atoms with Gasteiger partial charge in [0.2, 0.25) is 5.91 Å². The highest BCUT2D eigenvalue weighted by Gasteiger charge is 2.24. The SMILES string of the molecule is COC(=O)c1ccc(NCC(=O)N2C[C@H](C)C[C@H](C)C2)cc1. The van der Waals surface area contributed by atoms with Gasteiger partial charge < -0.3 is 15.0 Å². The third-order valence-electron chi connectivity index (χ3n) is 3.97. The molecule has 2 atom stereocenters. The molecule has 0 bridgehead atoms. The highest BCUT2D eigenvalue weighted by Crippen LogP contribution is 2.21. The van der Waals surface area contributed by atoms with Gasteiger partial charge in [-0.3, -0.25) is 4.79 Å². The maximum atomic E-state index is 12.3. The average Bonchev–Trinajstić information content (AvgIpc) is 2.51. The number of hydrogen-bond acceptors (Lipinski definition) is 4. The Bertz CT molecular complexity index is 517. The Morgan fingerprint density at radius 1 is 1.18 bits per heavy atom. The van der Waals surface area contributed by atoms with Gasteiger partial charge in [-0.1, -0.05) is 13.8 Å². The first kappa shape index (κ1) is 16.3. The van der Waals surface area contributed by atoms with Gasteiger partial charge in [-0.25, -0.2) is 4.79 Å². The molecule has 0 saturated carbocycles. The van der Waals surface area contributed by atoms with E-state index in [9.17, 15) is 9.59 Å². The molecule has 0 aromatic heterocycles. The molecule has 0 spiro atoms. The number of carbonyl (C=O) groups is 2. The van der Waals surface area contributed by atoms with Crippen molar-refractivity contribution in [1.82, 2.24) is 4.90 Å². The maximum Gasteiger partial charge on any atom is 0.337 e. The van der Waals surface area contributed by atoms with Crippen molar-refractivity contribution in [3.05, 3.63) is 29.8 Å². The van der Waals surface area contributed by atoms with Crippen LogP contribution in [0.25, 0.3) is 0 Å². The molecular weight excluding hydrogens is 280 g/mol. The van der Waals surface area contributed by atoms with Gasteiger partial charge in [0, 0.05) is 18.8 Å². The predicted molar refractivity (Wildman–Crippen MR) is 85.8 cm³/mol. The van der Waals surface area contributed by atoms with Crippen molar-refractivity contribution in [3.8, 4) is 0 Å². The van der Waals surface area contributed by atoms with Crippen LogP contribution < -0.4 is 5.32 Å². The number of piperidine rings is 1. The van der Waals surface area contributed by atoms with Crippen molar-refractivity contribution in [2.24, 2.45) is 11.8 Å². The van der Waals surface area contributed by atoms with E-state index in [1.165, 1.54) is 13.5 Å². The van der Waals surface area contributed by atoms with Gasteiger partial charge in [-0.05, 0) is 42.5 Å². The molecular formula is C17H24N2O3. The number of benzene rings is 1. The summed E-state index contributed by atoms with van der Waals surface area (Å²) in [6.45, 7) is 6.33. The number of nitrogens with zero attached hydrogens (tertiary/aromatic N) is 1. The van der Waals surface area contributed by atoms with Crippen LogP contribution in [-0.4, -0.2) is 43.5 Å². The number of esters is 1. The van der Waals surface area contributed by atoms with Crippen LogP contribution in [0.15, 0.2) is 24.3 Å². The largest absolute Gasteiger partial charge is 0.465 e. The van der Waals surface area contributed by atoms with Crippen LogP contribution in [0, 0.1) is 11.8 Å². The Morgan fingerprint density at radius 3 is 2.32 bits per heavy atom. The molecule has 0 radical (unpaired) electrons. The topological polar surface area (TPSA) is 58.6 Å². The Labute approximate surface area is 131 Å². The summed E-state index contributed by atoms with van der Waals surface area (Å²) in [4.78, 5) is 25.6. The molecule has 1 amide bonds. The van der Waals surface area contributed by atoms with E-state index in [4.69, 9.17) is 0 Å². The number of methoxy groups -OCH3 is 1. The zero-order valence-corrected chi connectivity index (χ0v) is 13.5. The van der Waals surface area contributed by atoms with Crippen LogP contribution >= 0.6 is 0 Å². The van der Waals surface area contributed by atoms with E-state index in [1.807, 2.05) is 4.90 Å². The lowest BCUT2D eigenvalue weighted by Gasteiger charge is -2.35. The lowest BCUT2D eigenvalue weighted by Crippen LogP contribution is -2.44. The summed E-state index contributed by atoms with van der Waals surface area (Å²) in [6.07, 6.45) is 1.19. The van der Waals surface area contributed by atoms with Crippen LogP contribution in [-0.2, 0) is 9.53 Å². The van der Waals surface area contributed by atoms with E-state index in [0.29, 0.717) is 17.4 Å². The van der Waals surface area contributed by atoms with Gasteiger partial charge in [0.15, 0.2) is 0 Å². The summed E-state index contributed by atoms with van der Waals surface area (Å²) < 4.78 is 4.65. The lowest BCUT2D eigenvalue weighted by molar-refractivity contribution is -0.131. The molecule has 0 unspecified atom stereocenters. The minimum absolute atomic E-state index is 0.121. The number of nitrogens with one attached hydrogen (secondary N) is 1. The minimum Gasteiger partial charge on any atom is -0.465 e. The molecule has 1 fully saturated rings. The predicted octanol–water partition coefficient (Wildman–Crippen LogP) is 2.39. The Hall–Kier alpha value is -2.04. The molecule has 2 rings (SSSR count). The highest BCUT2D eigenvalue weighted by atomic mass is 16.5. The fraction of sp³-hybridized carbons (Fsp3) is 0.529. The molecule has 1 heterocycles. The normalized spacial score (nSPS) is 21.3. The smallest absolute Gasteiger partial charge is 0.337 e. The van der Waals surface area contributed by atoms with Gasteiger partial charge in [-0.2, -0.15) is 0 Å². The van der Waals surface area contributed by atoms with Crippen molar-refractivity contribution < 1.29 is 14.3 Å². The molecule has 1 saturated heterocycles. The minimum atomic E-state index is -0.362. The van der Waals surface area contributed by atoms with Crippen LogP contribution in [0.4, 0.5) is 5.69 Å². The summed E-state index contributed by atoms with van der Waals surface area (Å²) in [7, 11) is 1.35. The zero-order valence-electron chi connectivity index (χ0n) is 13.5. The van der Waals surface area contributed by atoms with Crippen molar-refractivity contribution >= 4 is 17.6 Å². The van der Waals surface area contributed by atoms with E-state index in [2.05, 4.69) is 23.9 Å². The zero-order chi connectivity index (χ0) is 16.1. The molecule has 5 nitrogen and oxygen atoms in total. The third kappa shape index (κ3) is 4.23. The highest BCUT2D eigenvalue weighted by molar-refractivity contribution is 5.89. The standard InChI is InChI=1S/C17H24N2O3/c1-12-8-13(2)11-19(10-12)16(20)9-18-15-6-4-14(5-7-15)17(21)22-3/h4-7,12-13,18H,8-11H2,1-3H3/t12-,13+. The van der Waals surface area contributed by atoms with Gasteiger partial charge in [0.1, 0.15) is 0 Å². The van der Waals surface area contributed by atoms with Crippen LogP contribution in [0.5, 0.6) is 0 Å².